The molecule has 0 fully saturated rings. The Bertz CT molecular complexity index is 709. The van der Waals surface area contributed by atoms with Crippen molar-refractivity contribution in [3.05, 3.63) is 22.2 Å². The van der Waals surface area contributed by atoms with Crippen molar-refractivity contribution < 1.29 is 14.3 Å². The lowest BCUT2D eigenvalue weighted by atomic mass is 10.2. The molecule has 1 heterocycles. The third-order valence-electron chi connectivity index (χ3n) is 2.89. The fourth-order valence-electron chi connectivity index (χ4n) is 1.72. The molecule has 0 aliphatic heterocycles. The first-order valence-corrected chi connectivity index (χ1v) is 8.71. The standard InChI is InChI=1S/C14H16ClN3O3S2/c1-7(22-14-18-17-8(2)23-14)13(19)16-10-5-9(15)11(20-3)6-12(10)21-4/h5-7H,1-4H3,(H,16,19). The summed E-state index contributed by atoms with van der Waals surface area (Å²) in [5.41, 5.74) is 0.490. The van der Waals surface area contributed by atoms with Crippen molar-refractivity contribution in [2.45, 2.75) is 23.4 Å². The minimum absolute atomic E-state index is 0.178. The molecule has 124 valence electrons. The van der Waals surface area contributed by atoms with Crippen molar-refractivity contribution >= 4 is 46.3 Å². The van der Waals surface area contributed by atoms with Gasteiger partial charge in [-0.15, -0.1) is 10.2 Å². The van der Waals surface area contributed by atoms with Crippen molar-refractivity contribution in [3.8, 4) is 11.5 Å². The maximum atomic E-state index is 12.4. The average Bonchev–Trinajstić information content (AvgIpc) is 2.92. The van der Waals surface area contributed by atoms with E-state index in [9.17, 15) is 4.79 Å². The normalized spacial score (nSPS) is 11.9. The topological polar surface area (TPSA) is 73.3 Å². The van der Waals surface area contributed by atoms with E-state index in [2.05, 4.69) is 15.5 Å². The van der Waals surface area contributed by atoms with Gasteiger partial charge < -0.3 is 14.8 Å². The van der Waals surface area contributed by atoms with Crippen molar-refractivity contribution in [2.75, 3.05) is 19.5 Å². The largest absolute Gasteiger partial charge is 0.495 e. The summed E-state index contributed by atoms with van der Waals surface area (Å²) < 4.78 is 11.2. The number of thioether (sulfide) groups is 1. The number of hydrogen-bond donors (Lipinski definition) is 1. The molecule has 1 amide bonds. The molecule has 1 N–H and O–H groups in total. The predicted molar refractivity (Wildman–Crippen MR) is 93.2 cm³/mol. The third kappa shape index (κ3) is 4.49. The van der Waals surface area contributed by atoms with Crippen LogP contribution in [0.3, 0.4) is 0 Å². The van der Waals surface area contributed by atoms with Gasteiger partial charge in [0, 0.05) is 6.07 Å². The van der Waals surface area contributed by atoms with Gasteiger partial charge in [-0.3, -0.25) is 4.79 Å². The summed E-state index contributed by atoms with van der Waals surface area (Å²) in [5, 5.41) is 11.7. The second kappa shape index (κ2) is 7.85. The second-order valence-electron chi connectivity index (χ2n) is 4.52. The summed E-state index contributed by atoms with van der Waals surface area (Å²) in [6, 6.07) is 3.23. The minimum Gasteiger partial charge on any atom is -0.495 e. The van der Waals surface area contributed by atoms with E-state index in [0.29, 0.717) is 22.2 Å². The molecule has 6 nitrogen and oxygen atoms in total. The maximum Gasteiger partial charge on any atom is 0.237 e. The van der Waals surface area contributed by atoms with Gasteiger partial charge in [-0.2, -0.15) is 0 Å². The molecular formula is C14H16ClN3O3S2. The molecule has 0 aliphatic carbocycles. The summed E-state index contributed by atoms with van der Waals surface area (Å²) in [6.45, 7) is 3.67. The molecule has 0 radical (unpaired) electrons. The number of nitrogens with one attached hydrogen (secondary N) is 1. The first-order valence-electron chi connectivity index (χ1n) is 6.63. The Hall–Kier alpha value is -1.51. The second-order valence-corrected chi connectivity index (χ2v) is 7.70. The quantitative estimate of drug-likeness (QED) is 0.779. The van der Waals surface area contributed by atoms with E-state index in [1.54, 1.807) is 19.1 Å². The van der Waals surface area contributed by atoms with Crippen LogP contribution in [0.4, 0.5) is 5.69 Å². The number of anilines is 1. The van der Waals surface area contributed by atoms with Gasteiger partial charge in [0.15, 0.2) is 4.34 Å². The highest BCUT2D eigenvalue weighted by molar-refractivity contribution is 8.02. The van der Waals surface area contributed by atoms with Gasteiger partial charge in [-0.1, -0.05) is 34.7 Å². The van der Waals surface area contributed by atoms with E-state index < -0.39 is 0 Å². The summed E-state index contributed by atoms with van der Waals surface area (Å²) in [4.78, 5) is 12.4. The number of halogens is 1. The zero-order valence-electron chi connectivity index (χ0n) is 13.0. The van der Waals surface area contributed by atoms with Crippen molar-refractivity contribution in [2.24, 2.45) is 0 Å². The molecule has 0 saturated heterocycles. The lowest BCUT2D eigenvalue weighted by molar-refractivity contribution is -0.115. The number of aromatic nitrogens is 2. The average molecular weight is 374 g/mol. The van der Waals surface area contributed by atoms with Gasteiger partial charge in [0.25, 0.3) is 0 Å². The fourth-order valence-corrected chi connectivity index (χ4v) is 3.92. The molecule has 0 saturated carbocycles. The molecule has 0 spiro atoms. The van der Waals surface area contributed by atoms with E-state index >= 15 is 0 Å². The van der Waals surface area contributed by atoms with Crippen LogP contribution in [0.1, 0.15) is 11.9 Å². The summed E-state index contributed by atoms with van der Waals surface area (Å²) >= 11 is 8.91. The van der Waals surface area contributed by atoms with Crippen LogP contribution >= 0.6 is 34.7 Å². The molecule has 1 unspecified atom stereocenters. The zero-order chi connectivity index (χ0) is 17.0. The maximum absolute atomic E-state index is 12.4. The number of carbonyl (C=O) groups excluding carboxylic acids is 1. The molecule has 1 atom stereocenters. The molecule has 23 heavy (non-hydrogen) atoms. The molecule has 1 aromatic heterocycles. The van der Waals surface area contributed by atoms with Crippen LogP contribution < -0.4 is 14.8 Å². The molecule has 9 heteroatoms. The van der Waals surface area contributed by atoms with Gasteiger partial charge >= 0.3 is 0 Å². The number of amides is 1. The summed E-state index contributed by atoms with van der Waals surface area (Å²) in [5.74, 6) is 0.777. The van der Waals surface area contributed by atoms with Crippen LogP contribution in [-0.4, -0.2) is 35.6 Å². The Morgan fingerprint density at radius 1 is 1.30 bits per heavy atom. The molecule has 2 aromatic rings. The van der Waals surface area contributed by atoms with Gasteiger partial charge in [0.2, 0.25) is 5.91 Å². The van der Waals surface area contributed by atoms with Gasteiger partial charge in [0.05, 0.1) is 30.2 Å². The highest BCUT2D eigenvalue weighted by Crippen LogP contribution is 2.36. The summed E-state index contributed by atoms with van der Waals surface area (Å²) in [7, 11) is 3.03. The van der Waals surface area contributed by atoms with Crippen LogP contribution in [0.15, 0.2) is 16.5 Å². The molecule has 1 aromatic carbocycles. The predicted octanol–water partition coefficient (Wildman–Crippen LogP) is 3.64. The number of aryl methyl sites for hydroxylation is 1. The lowest BCUT2D eigenvalue weighted by Crippen LogP contribution is -2.22. The van der Waals surface area contributed by atoms with Crippen LogP contribution in [0, 0.1) is 6.92 Å². The zero-order valence-corrected chi connectivity index (χ0v) is 15.4. The monoisotopic (exact) mass is 373 g/mol. The van der Waals surface area contributed by atoms with Crippen LogP contribution in [0.5, 0.6) is 11.5 Å². The first kappa shape index (κ1) is 17.8. The van der Waals surface area contributed by atoms with E-state index in [1.807, 2.05) is 6.92 Å². The van der Waals surface area contributed by atoms with Crippen LogP contribution in [0.25, 0.3) is 0 Å². The number of hydrogen-bond acceptors (Lipinski definition) is 7. The number of methoxy groups -OCH3 is 2. The first-order chi connectivity index (χ1) is 10.9. The van der Waals surface area contributed by atoms with E-state index in [-0.39, 0.29) is 11.2 Å². The van der Waals surface area contributed by atoms with E-state index in [1.165, 1.54) is 37.3 Å². The van der Waals surface area contributed by atoms with Gasteiger partial charge in [-0.05, 0) is 19.9 Å². The Kier molecular flexibility index (Phi) is 6.09. The number of carbonyl (C=O) groups is 1. The SMILES string of the molecule is COc1cc(OC)c(NC(=O)C(C)Sc2nnc(C)s2)cc1Cl. The third-order valence-corrected chi connectivity index (χ3v) is 5.20. The Labute approximate surface area is 147 Å². The molecular weight excluding hydrogens is 358 g/mol. The highest BCUT2D eigenvalue weighted by Gasteiger charge is 2.19. The fraction of sp³-hybridized carbons (Fsp3) is 0.357. The van der Waals surface area contributed by atoms with Crippen molar-refractivity contribution in [1.82, 2.24) is 10.2 Å². The smallest absolute Gasteiger partial charge is 0.237 e. The number of rotatable bonds is 6. The number of benzene rings is 1. The number of ether oxygens (including phenoxy) is 2. The Morgan fingerprint density at radius 3 is 2.57 bits per heavy atom. The van der Waals surface area contributed by atoms with Crippen molar-refractivity contribution in [1.29, 1.82) is 0 Å². The van der Waals surface area contributed by atoms with Crippen LogP contribution in [0.2, 0.25) is 5.02 Å². The Balaban J connectivity index is 2.11. The van der Waals surface area contributed by atoms with E-state index in [0.717, 1.165) is 9.35 Å². The number of nitrogens with zero attached hydrogens (tertiary/aromatic N) is 2. The molecule has 0 aliphatic rings. The lowest BCUT2D eigenvalue weighted by Gasteiger charge is -2.15. The highest BCUT2D eigenvalue weighted by atomic mass is 35.5. The minimum atomic E-state index is -0.340. The Morgan fingerprint density at radius 2 is 2.00 bits per heavy atom. The van der Waals surface area contributed by atoms with Gasteiger partial charge in [-0.25, -0.2) is 0 Å². The van der Waals surface area contributed by atoms with Gasteiger partial charge in [0.1, 0.15) is 16.5 Å². The van der Waals surface area contributed by atoms with E-state index in [4.69, 9.17) is 21.1 Å². The molecule has 0 bridgehead atoms. The van der Waals surface area contributed by atoms with Crippen LogP contribution in [-0.2, 0) is 4.79 Å². The summed E-state index contributed by atoms with van der Waals surface area (Å²) in [6.07, 6.45) is 0. The molecule has 2 rings (SSSR count). The van der Waals surface area contributed by atoms with Crippen molar-refractivity contribution in [3.63, 3.8) is 0 Å².